The van der Waals surface area contributed by atoms with Gasteiger partial charge < -0.3 is 14.8 Å². The van der Waals surface area contributed by atoms with Gasteiger partial charge in [-0.2, -0.15) is 4.98 Å². The molecule has 0 aliphatic carbocycles. The van der Waals surface area contributed by atoms with E-state index in [-0.39, 0.29) is 17.3 Å². The predicted octanol–water partition coefficient (Wildman–Crippen LogP) is 1.47. The lowest BCUT2D eigenvalue weighted by molar-refractivity contribution is -0.387. The monoisotopic (exact) mass is 334 g/mol. The van der Waals surface area contributed by atoms with Gasteiger partial charge in [-0.15, -0.1) is 0 Å². The number of nitrogens with zero attached hydrogens (tertiary/aromatic N) is 3. The highest BCUT2D eigenvalue weighted by Gasteiger charge is 2.21. The molecule has 2 aromatic rings. The maximum Gasteiger partial charge on any atom is 0.395 e. The zero-order chi connectivity index (χ0) is 17.9. The molecule has 1 heterocycles. The summed E-state index contributed by atoms with van der Waals surface area (Å²) in [7, 11) is 1.30. The number of aromatic amines is 1. The molecule has 0 fully saturated rings. The van der Waals surface area contributed by atoms with Crippen LogP contribution in [0.3, 0.4) is 0 Å². The van der Waals surface area contributed by atoms with Crippen molar-refractivity contribution in [1.82, 2.24) is 9.97 Å². The fourth-order valence-corrected chi connectivity index (χ4v) is 1.84. The Morgan fingerprint density at radius 3 is 2.50 bits per heavy atom. The van der Waals surface area contributed by atoms with Crippen molar-refractivity contribution in [3.8, 4) is 11.6 Å². The van der Waals surface area contributed by atoms with Crippen molar-refractivity contribution in [2.75, 3.05) is 7.11 Å². The van der Waals surface area contributed by atoms with E-state index in [4.69, 9.17) is 4.74 Å². The smallest absolute Gasteiger partial charge is 0.395 e. The van der Waals surface area contributed by atoms with Crippen molar-refractivity contribution >= 4 is 23.5 Å². The van der Waals surface area contributed by atoms with Crippen LogP contribution >= 0.6 is 0 Å². The average molecular weight is 334 g/mol. The fourth-order valence-electron chi connectivity index (χ4n) is 1.84. The third-order valence-corrected chi connectivity index (χ3v) is 2.91. The molecule has 24 heavy (non-hydrogen) atoms. The molecule has 0 unspecified atom stereocenters. The number of ether oxygens (including phenoxy) is 1. The maximum absolute atomic E-state index is 11.5. The molecule has 0 amide bonds. The summed E-state index contributed by atoms with van der Waals surface area (Å²) < 4.78 is 4.87. The number of nitrogens with one attached hydrogen (secondary N) is 1. The fraction of sp³-hybridized carbons (Fsp3) is 0.0769. The average Bonchev–Trinajstić information content (AvgIpc) is 2.51. The molecule has 1 aromatic heterocycles. The Bertz CT molecular complexity index is 904. The van der Waals surface area contributed by atoms with Crippen LogP contribution in [-0.2, 0) is 0 Å². The number of H-pyrrole nitrogens is 1. The van der Waals surface area contributed by atoms with E-state index in [1.54, 1.807) is 0 Å². The number of rotatable bonds is 5. The molecule has 124 valence electrons. The molecule has 11 nitrogen and oxygen atoms in total. The largest absolute Gasteiger partial charge is 0.490 e. The van der Waals surface area contributed by atoms with Crippen LogP contribution in [0.1, 0.15) is 11.4 Å². The van der Waals surface area contributed by atoms with Crippen LogP contribution in [0, 0.1) is 20.2 Å². The van der Waals surface area contributed by atoms with E-state index in [2.05, 4.69) is 9.97 Å². The first-order chi connectivity index (χ1) is 11.3. The molecule has 0 aliphatic heterocycles. The van der Waals surface area contributed by atoms with Crippen LogP contribution in [0.4, 0.5) is 11.4 Å². The summed E-state index contributed by atoms with van der Waals surface area (Å²) >= 11 is 0. The third kappa shape index (κ3) is 3.35. The molecule has 0 bridgehead atoms. The minimum absolute atomic E-state index is 0.0802. The minimum atomic E-state index is -1.12. The van der Waals surface area contributed by atoms with Crippen molar-refractivity contribution in [3.05, 3.63) is 60.2 Å². The number of aromatic nitrogens is 2. The molecule has 11 heteroatoms. The molecule has 0 saturated carbocycles. The third-order valence-electron chi connectivity index (χ3n) is 2.91. The Labute approximate surface area is 133 Å². The van der Waals surface area contributed by atoms with Crippen LogP contribution in [-0.4, -0.2) is 32.0 Å². The van der Waals surface area contributed by atoms with Gasteiger partial charge >= 0.3 is 16.9 Å². The van der Waals surface area contributed by atoms with E-state index in [1.165, 1.54) is 37.5 Å². The van der Waals surface area contributed by atoms with Crippen molar-refractivity contribution in [2.24, 2.45) is 0 Å². The molecular formula is C13H10N4O7. The number of hydrogen-bond donors (Lipinski definition) is 2. The summed E-state index contributed by atoms with van der Waals surface area (Å²) in [5.41, 5.74) is -2.05. The topological polar surface area (TPSA) is 161 Å². The second-order valence-corrected chi connectivity index (χ2v) is 4.40. The minimum Gasteiger partial charge on any atom is -0.490 e. The van der Waals surface area contributed by atoms with Gasteiger partial charge in [0.15, 0.2) is 5.75 Å². The van der Waals surface area contributed by atoms with E-state index in [0.29, 0.717) is 5.56 Å². The Morgan fingerprint density at radius 1 is 1.25 bits per heavy atom. The zero-order valence-corrected chi connectivity index (χ0v) is 12.1. The molecule has 0 radical (unpaired) electrons. The molecule has 1 aromatic carbocycles. The maximum atomic E-state index is 11.5. The first-order valence-electron chi connectivity index (χ1n) is 6.31. The van der Waals surface area contributed by atoms with Crippen LogP contribution in [0.15, 0.2) is 23.0 Å². The summed E-state index contributed by atoms with van der Waals surface area (Å²) in [6, 6.07) is 4.14. The van der Waals surface area contributed by atoms with E-state index in [9.17, 15) is 30.1 Å². The Hall–Kier alpha value is -3.76. The quantitative estimate of drug-likeness (QED) is 0.613. The molecule has 0 aliphatic rings. The first kappa shape index (κ1) is 16.6. The number of methoxy groups -OCH3 is 1. The Kier molecular flexibility index (Phi) is 4.54. The first-order valence-corrected chi connectivity index (χ1v) is 6.31. The number of aromatic hydroxyl groups is 1. The van der Waals surface area contributed by atoms with Gasteiger partial charge in [0.1, 0.15) is 5.82 Å². The Morgan fingerprint density at radius 2 is 1.96 bits per heavy atom. The van der Waals surface area contributed by atoms with Gasteiger partial charge in [-0.25, -0.2) is 0 Å². The van der Waals surface area contributed by atoms with Gasteiger partial charge in [0.25, 0.3) is 5.88 Å². The number of hydrogen-bond acceptors (Lipinski definition) is 8. The van der Waals surface area contributed by atoms with E-state index in [1.807, 2.05) is 0 Å². The van der Waals surface area contributed by atoms with Crippen LogP contribution in [0.5, 0.6) is 11.6 Å². The lowest BCUT2D eigenvalue weighted by Gasteiger charge is -2.02. The van der Waals surface area contributed by atoms with E-state index >= 15 is 0 Å². The zero-order valence-electron chi connectivity index (χ0n) is 12.1. The SMILES string of the molecule is COc1ccc(/C=C\c2nc(O)c([N+](=O)[O-])c(=O)[nH]2)cc1[N+](=O)[O-]. The second kappa shape index (κ2) is 6.56. The van der Waals surface area contributed by atoms with Crippen molar-refractivity contribution in [1.29, 1.82) is 0 Å². The Balaban J connectivity index is 2.38. The normalized spacial score (nSPS) is 10.7. The summed E-state index contributed by atoms with van der Waals surface area (Å²) in [5, 5.41) is 30.9. The van der Waals surface area contributed by atoms with Crippen LogP contribution in [0.25, 0.3) is 12.2 Å². The van der Waals surface area contributed by atoms with Crippen LogP contribution < -0.4 is 10.3 Å². The summed E-state index contributed by atoms with van der Waals surface area (Å²) in [5.74, 6) is -1.10. The lowest BCUT2D eigenvalue weighted by Crippen LogP contribution is -2.14. The van der Waals surface area contributed by atoms with Gasteiger partial charge in [0.05, 0.1) is 17.0 Å². The molecular weight excluding hydrogens is 324 g/mol. The second-order valence-electron chi connectivity index (χ2n) is 4.40. The van der Waals surface area contributed by atoms with Gasteiger partial charge in [0, 0.05) is 6.07 Å². The van der Waals surface area contributed by atoms with E-state index < -0.39 is 27.0 Å². The molecule has 2 rings (SSSR count). The number of nitro benzene ring substituents is 1. The number of nitro groups is 2. The standard InChI is InChI=1S/C13H10N4O7/c1-24-9-4-2-7(6-8(9)16(20)21)3-5-10-14-12(18)11(17(22)23)13(19)15-10/h2-6H,1H3,(H2,14,15,18,19)/b5-3-. The van der Waals surface area contributed by atoms with Gasteiger partial charge in [-0.05, 0) is 17.7 Å². The highest BCUT2D eigenvalue weighted by molar-refractivity contribution is 5.69. The predicted molar refractivity (Wildman–Crippen MR) is 81.8 cm³/mol. The van der Waals surface area contributed by atoms with Gasteiger partial charge in [-0.1, -0.05) is 12.1 Å². The highest BCUT2D eigenvalue weighted by atomic mass is 16.6. The summed E-state index contributed by atoms with van der Waals surface area (Å²) in [4.78, 5) is 37.0. The van der Waals surface area contributed by atoms with Crippen LogP contribution in [0.2, 0.25) is 0 Å². The molecule has 2 N–H and O–H groups in total. The van der Waals surface area contributed by atoms with Crippen molar-refractivity contribution < 1.29 is 19.7 Å². The summed E-state index contributed by atoms with van der Waals surface area (Å²) in [6.45, 7) is 0. The molecule has 0 saturated heterocycles. The molecule has 0 spiro atoms. The molecule has 0 atom stereocenters. The lowest BCUT2D eigenvalue weighted by atomic mass is 10.1. The summed E-state index contributed by atoms with van der Waals surface area (Å²) in [6.07, 6.45) is 2.60. The number of benzene rings is 1. The highest BCUT2D eigenvalue weighted by Crippen LogP contribution is 2.28. The van der Waals surface area contributed by atoms with Crippen molar-refractivity contribution in [3.63, 3.8) is 0 Å². The van der Waals surface area contributed by atoms with Gasteiger partial charge in [0.2, 0.25) is 0 Å². The van der Waals surface area contributed by atoms with E-state index in [0.717, 1.165) is 0 Å². The van der Waals surface area contributed by atoms with Gasteiger partial charge in [-0.3, -0.25) is 25.0 Å². The van der Waals surface area contributed by atoms with Crippen molar-refractivity contribution in [2.45, 2.75) is 0 Å².